The zero-order valence-corrected chi connectivity index (χ0v) is 12.1. The lowest BCUT2D eigenvalue weighted by atomic mass is 10.0. The molecule has 0 aliphatic heterocycles. The number of rotatable bonds is 3. The van der Waals surface area contributed by atoms with Crippen LogP contribution in [0.3, 0.4) is 0 Å². The Morgan fingerprint density at radius 3 is 2.06 bits per heavy atom. The molecule has 1 aromatic carbocycles. The molecule has 0 spiro atoms. The quantitative estimate of drug-likeness (QED) is 0.683. The molecule has 0 radical (unpaired) electrons. The maximum absolute atomic E-state index is 6.36. The molecule has 17 heavy (non-hydrogen) atoms. The van der Waals surface area contributed by atoms with E-state index in [0.717, 1.165) is 11.3 Å². The summed E-state index contributed by atoms with van der Waals surface area (Å²) in [7, 11) is 0. The van der Waals surface area contributed by atoms with Crippen LogP contribution in [0.15, 0.2) is 45.5 Å². The third kappa shape index (κ3) is 2.93. The Bertz CT molecular complexity index is 487. The van der Waals surface area contributed by atoms with Gasteiger partial charge in [0.1, 0.15) is 11.1 Å². The fraction of sp³-hybridized carbons (Fsp3) is 0.286. The van der Waals surface area contributed by atoms with E-state index in [4.69, 9.17) is 16.0 Å². The van der Waals surface area contributed by atoms with Gasteiger partial charge in [0.05, 0.1) is 0 Å². The Hall–Kier alpha value is -0.730. The molecule has 1 heterocycles. The number of halogens is 2. The monoisotopic (exact) mass is 312 g/mol. The second-order valence-corrected chi connectivity index (χ2v) is 5.54. The minimum Gasteiger partial charge on any atom is -0.452 e. The minimum atomic E-state index is -0.234. The van der Waals surface area contributed by atoms with Gasteiger partial charge in [-0.3, -0.25) is 0 Å². The standard InChI is InChI=1S/C14H14BrClO/c1-9(2)10-3-5-11(6-4-10)14(16)12-7-8-13(15)17-12/h3-9,14H,1-2H3. The van der Waals surface area contributed by atoms with E-state index in [2.05, 4.69) is 54.0 Å². The molecule has 90 valence electrons. The summed E-state index contributed by atoms with van der Waals surface area (Å²) in [5.74, 6) is 1.30. The summed E-state index contributed by atoms with van der Waals surface area (Å²) in [5, 5.41) is -0.234. The lowest BCUT2D eigenvalue weighted by Gasteiger charge is -2.09. The number of benzene rings is 1. The first-order chi connectivity index (χ1) is 8.08. The maximum atomic E-state index is 6.36. The van der Waals surface area contributed by atoms with Crippen LogP contribution in [-0.4, -0.2) is 0 Å². The Morgan fingerprint density at radius 2 is 1.59 bits per heavy atom. The molecule has 0 N–H and O–H groups in total. The van der Waals surface area contributed by atoms with Crippen molar-refractivity contribution in [3.05, 3.63) is 58.0 Å². The molecule has 0 fully saturated rings. The molecule has 0 saturated carbocycles. The van der Waals surface area contributed by atoms with Crippen molar-refractivity contribution < 1.29 is 4.42 Å². The predicted octanol–water partition coefficient (Wildman–Crippen LogP) is 5.49. The molecule has 1 aromatic heterocycles. The van der Waals surface area contributed by atoms with Gasteiger partial charge in [-0.1, -0.05) is 38.1 Å². The van der Waals surface area contributed by atoms with Gasteiger partial charge in [-0.05, 0) is 45.1 Å². The first kappa shape index (κ1) is 12.7. The summed E-state index contributed by atoms with van der Waals surface area (Å²) in [5.41, 5.74) is 2.37. The van der Waals surface area contributed by atoms with Gasteiger partial charge in [0.15, 0.2) is 4.67 Å². The summed E-state index contributed by atoms with van der Waals surface area (Å²) in [6.07, 6.45) is 0. The molecule has 0 saturated heterocycles. The van der Waals surface area contributed by atoms with Gasteiger partial charge in [0.25, 0.3) is 0 Å². The third-order valence-electron chi connectivity index (χ3n) is 2.74. The van der Waals surface area contributed by atoms with Crippen LogP contribution < -0.4 is 0 Å². The lowest BCUT2D eigenvalue weighted by Crippen LogP contribution is -1.93. The second kappa shape index (κ2) is 5.28. The van der Waals surface area contributed by atoms with Crippen molar-refractivity contribution in [1.82, 2.24) is 0 Å². The van der Waals surface area contributed by atoms with E-state index >= 15 is 0 Å². The third-order valence-corrected chi connectivity index (χ3v) is 3.63. The first-order valence-corrected chi connectivity index (χ1v) is 6.80. The largest absolute Gasteiger partial charge is 0.452 e. The summed E-state index contributed by atoms with van der Waals surface area (Å²) >= 11 is 9.64. The molecule has 0 aliphatic rings. The van der Waals surface area contributed by atoms with Gasteiger partial charge in [-0.15, -0.1) is 11.6 Å². The molecule has 3 heteroatoms. The summed E-state index contributed by atoms with van der Waals surface area (Å²) in [6, 6.07) is 12.1. The smallest absolute Gasteiger partial charge is 0.169 e. The molecule has 0 aliphatic carbocycles. The van der Waals surface area contributed by atoms with Gasteiger partial charge >= 0.3 is 0 Å². The molecule has 2 aromatic rings. The molecule has 1 unspecified atom stereocenters. The lowest BCUT2D eigenvalue weighted by molar-refractivity contribution is 0.494. The van der Waals surface area contributed by atoms with Crippen molar-refractivity contribution in [3.63, 3.8) is 0 Å². The average Bonchev–Trinajstić information content (AvgIpc) is 2.75. The average molecular weight is 314 g/mol. The van der Waals surface area contributed by atoms with Gasteiger partial charge in [0, 0.05) is 0 Å². The van der Waals surface area contributed by atoms with E-state index in [1.165, 1.54) is 5.56 Å². The Balaban J connectivity index is 2.22. The fourth-order valence-corrected chi connectivity index (χ4v) is 2.26. The van der Waals surface area contributed by atoms with E-state index in [1.54, 1.807) is 0 Å². The molecule has 0 bridgehead atoms. The van der Waals surface area contributed by atoms with Gasteiger partial charge < -0.3 is 4.42 Å². The minimum absolute atomic E-state index is 0.234. The van der Waals surface area contributed by atoms with Crippen LogP contribution in [0.1, 0.15) is 42.0 Å². The van der Waals surface area contributed by atoms with Crippen molar-refractivity contribution in [2.24, 2.45) is 0 Å². The summed E-state index contributed by atoms with van der Waals surface area (Å²) in [4.78, 5) is 0. The van der Waals surface area contributed by atoms with Crippen molar-refractivity contribution in [2.45, 2.75) is 25.1 Å². The van der Waals surface area contributed by atoms with Crippen LogP contribution >= 0.6 is 27.5 Å². The number of hydrogen-bond donors (Lipinski definition) is 0. The Morgan fingerprint density at radius 1 is 1.00 bits per heavy atom. The van der Waals surface area contributed by atoms with Crippen molar-refractivity contribution >= 4 is 27.5 Å². The van der Waals surface area contributed by atoms with Crippen LogP contribution in [0.5, 0.6) is 0 Å². The number of furan rings is 1. The highest BCUT2D eigenvalue weighted by atomic mass is 79.9. The normalized spacial score (nSPS) is 13.0. The summed E-state index contributed by atoms with van der Waals surface area (Å²) in [6.45, 7) is 4.35. The molecular weight excluding hydrogens is 300 g/mol. The van der Waals surface area contributed by atoms with Gasteiger partial charge in [0.2, 0.25) is 0 Å². The highest BCUT2D eigenvalue weighted by Crippen LogP contribution is 2.32. The second-order valence-electron chi connectivity index (χ2n) is 4.33. The highest BCUT2D eigenvalue weighted by Gasteiger charge is 2.14. The molecule has 1 atom stereocenters. The van der Waals surface area contributed by atoms with Crippen molar-refractivity contribution in [1.29, 1.82) is 0 Å². The van der Waals surface area contributed by atoms with Crippen molar-refractivity contribution in [2.75, 3.05) is 0 Å². The van der Waals surface area contributed by atoms with E-state index in [0.29, 0.717) is 10.6 Å². The van der Waals surface area contributed by atoms with E-state index in [1.807, 2.05) is 12.1 Å². The van der Waals surface area contributed by atoms with E-state index in [9.17, 15) is 0 Å². The SMILES string of the molecule is CC(C)c1ccc(C(Cl)c2ccc(Br)o2)cc1. The van der Waals surface area contributed by atoms with Crippen LogP contribution in [0.2, 0.25) is 0 Å². The van der Waals surface area contributed by atoms with Crippen LogP contribution in [0.4, 0.5) is 0 Å². The predicted molar refractivity (Wildman–Crippen MR) is 74.6 cm³/mol. The molecular formula is C14H14BrClO. The van der Waals surface area contributed by atoms with Gasteiger partial charge in [-0.25, -0.2) is 0 Å². The van der Waals surface area contributed by atoms with Crippen LogP contribution in [0.25, 0.3) is 0 Å². The van der Waals surface area contributed by atoms with E-state index in [-0.39, 0.29) is 5.38 Å². The van der Waals surface area contributed by atoms with Crippen molar-refractivity contribution in [3.8, 4) is 0 Å². The van der Waals surface area contributed by atoms with Gasteiger partial charge in [-0.2, -0.15) is 0 Å². The summed E-state index contributed by atoms with van der Waals surface area (Å²) < 4.78 is 6.17. The molecule has 2 rings (SSSR count). The topological polar surface area (TPSA) is 13.1 Å². The number of alkyl halides is 1. The molecule has 0 amide bonds. The zero-order chi connectivity index (χ0) is 12.4. The number of hydrogen-bond acceptors (Lipinski definition) is 1. The molecule has 1 nitrogen and oxygen atoms in total. The van der Waals surface area contributed by atoms with Crippen LogP contribution in [-0.2, 0) is 0 Å². The van der Waals surface area contributed by atoms with Crippen LogP contribution in [0, 0.1) is 0 Å². The Labute approximate surface area is 115 Å². The first-order valence-electron chi connectivity index (χ1n) is 5.57. The van der Waals surface area contributed by atoms with E-state index < -0.39 is 0 Å². The maximum Gasteiger partial charge on any atom is 0.169 e. The highest BCUT2D eigenvalue weighted by molar-refractivity contribution is 9.10. The fourth-order valence-electron chi connectivity index (χ4n) is 1.68. The Kier molecular flexibility index (Phi) is 3.95. The zero-order valence-electron chi connectivity index (χ0n) is 9.78.